The average Bonchev–Trinajstić information content (AvgIpc) is 2.59. The highest BCUT2D eigenvalue weighted by Gasteiger charge is 2.15. The number of ether oxygens (including phenoxy) is 3. The van der Waals surface area contributed by atoms with Crippen LogP contribution in [0.15, 0.2) is 30.3 Å². The summed E-state index contributed by atoms with van der Waals surface area (Å²) in [5, 5.41) is 2.76. The van der Waals surface area contributed by atoms with Gasteiger partial charge in [0.15, 0.2) is 23.1 Å². The van der Waals surface area contributed by atoms with Gasteiger partial charge in [0.05, 0.1) is 26.9 Å². The average molecular weight is 445 g/mol. The molecule has 0 saturated carbocycles. The molecule has 0 heterocycles. The van der Waals surface area contributed by atoms with Gasteiger partial charge in [0, 0.05) is 10.1 Å². The number of carbonyl (C=O) groups excluding carboxylic acids is 1. The Morgan fingerprint density at radius 1 is 1.04 bits per heavy atom. The van der Waals surface area contributed by atoms with Crippen molar-refractivity contribution in [2.45, 2.75) is 6.54 Å². The zero-order valence-corrected chi connectivity index (χ0v) is 15.6. The smallest absolute Gasteiger partial charge is 0.252 e. The maximum absolute atomic E-state index is 13.7. The third-order valence-electron chi connectivity index (χ3n) is 3.39. The van der Waals surface area contributed by atoms with Crippen molar-refractivity contribution in [3.05, 3.63) is 50.8 Å². The largest absolute Gasteiger partial charge is 0.494 e. The molecule has 5 nitrogen and oxygen atoms in total. The first-order valence-electron chi connectivity index (χ1n) is 7.02. The van der Waals surface area contributed by atoms with Crippen LogP contribution < -0.4 is 19.5 Å². The third kappa shape index (κ3) is 4.08. The van der Waals surface area contributed by atoms with Crippen LogP contribution in [0, 0.1) is 9.39 Å². The summed E-state index contributed by atoms with van der Waals surface area (Å²) < 4.78 is 29.7. The van der Waals surface area contributed by atoms with Crippen LogP contribution >= 0.6 is 22.6 Å². The van der Waals surface area contributed by atoms with Gasteiger partial charge in [-0.05, 0) is 52.4 Å². The number of amides is 1. The van der Waals surface area contributed by atoms with Gasteiger partial charge in [0.1, 0.15) is 0 Å². The maximum Gasteiger partial charge on any atom is 0.252 e. The summed E-state index contributed by atoms with van der Waals surface area (Å²) in [4.78, 5) is 12.4. The minimum atomic E-state index is -0.468. The second-order valence-corrected chi connectivity index (χ2v) is 6.00. The van der Waals surface area contributed by atoms with Crippen molar-refractivity contribution in [1.29, 1.82) is 0 Å². The molecule has 0 bridgehead atoms. The lowest BCUT2D eigenvalue weighted by atomic mass is 10.1. The van der Waals surface area contributed by atoms with E-state index in [9.17, 15) is 9.18 Å². The molecule has 7 heteroatoms. The van der Waals surface area contributed by atoms with Crippen molar-refractivity contribution >= 4 is 28.5 Å². The highest BCUT2D eigenvalue weighted by Crippen LogP contribution is 2.31. The number of methoxy groups -OCH3 is 3. The molecule has 1 N–H and O–H groups in total. The van der Waals surface area contributed by atoms with E-state index in [0.717, 1.165) is 3.57 Å². The van der Waals surface area contributed by atoms with Crippen LogP contribution in [0.5, 0.6) is 17.2 Å². The fourth-order valence-electron chi connectivity index (χ4n) is 2.13. The van der Waals surface area contributed by atoms with Gasteiger partial charge in [0.2, 0.25) is 0 Å². The zero-order chi connectivity index (χ0) is 17.7. The van der Waals surface area contributed by atoms with Crippen molar-refractivity contribution in [3.63, 3.8) is 0 Å². The van der Waals surface area contributed by atoms with E-state index in [4.69, 9.17) is 14.2 Å². The Morgan fingerprint density at radius 3 is 2.25 bits per heavy atom. The van der Waals surface area contributed by atoms with E-state index in [0.29, 0.717) is 22.6 Å². The number of carbonyl (C=O) groups is 1. The third-order valence-corrected chi connectivity index (χ3v) is 4.28. The van der Waals surface area contributed by atoms with Crippen molar-refractivity contribution in [2.75, 3.05) is 21.3 Å². The fraction of sp³-hybridized carbons (Fsp3) is 0.235. The molecule has 2 aromatic carbocycles. The van der Waals surface area contributed by atoms with Gasteiger partial charge in [-0.15, -0.1) is 0 Å². The van der Waals surface area contributed by atoms with E-state index in [1.165, 1.54) is 33.5 Å². The molecule has 0 atom stereocenters. The van der Waals surface area contributed by atoms with Gasteiger partial charge in [0.25, 0.3) is 5.91 Å². The standard InChI is InChI=1S/C17H17FINO4/c1-22-14-5-4-10(6-12(14)18)9-20-17(21)11-7-15(23-2)16(24-3)8-13(11)19/h4-8H,9H2,1-3H3,(H,20,21). The second-order valence-electron chi connectivity index (χ2n) is 4.84. The van der Waals surface area contributed by atoms with Gasteiger partial charge >= 0.3 is 0 Å². The quantitative estimate of drug-likeness (QED) is 0.693. The molecule has 24 heavy (non-hydrogen) atoms. The summed E-state index contributed by atoms with van der Waals surface area (Å²) in [6.07, 6.45) is 0. The van der Waals surface area contributed by atoms with Crippen molar-refractivity contribution in [3.8, 4) is 17.2 Å². The number of rotatable bonds is 6. The lowest BCUT2D eigenvalue weighted by Crippen LogP contribution is -2.23. The minimum absolute atomic E-state index is 0.166. The van der Waals surface area contributed by atoms with Gasteiger partial charge < -0.3 is 19.5 Å². The van der Waals surface area contributed by atoms with E-state index in [2.05, 4.69) is 27.9 Å². The van der Waals surface area contributed by atoms with Crippen LogP contribution in [-0.4, -0.2) is 27.2 Å². The van der Waals surface area contributed by atoms with Crippen LogP contribution in [0.4, 0.5) is 4.39 Å². The number of hydrogen-bond acceptors (Lipinski definition) is 4. The van der Waals surface area contributed by atoms with Crippen LogP contribution in [0.1, 0.15) is 15.9 Å². The molecular formula is C17H17FINO4. The zero-order valence-electron chi connectivity index (χ0n) is 13.5. The highest BCUT2D eigenvalue weighted by molar-refractivity contribution is 14.1. The first-order valence-corrected chi connectivity index (χ1v) is 8.10. The lowest BCUT2D eigenvalue weighted by Gasteiger charge is -2.12. The topological polar surface area (TPSA) is 56.8 Å². The number of nitrogens with one attached hydrogen (secondary N) is 1. The molecule has 128 valence electrons. The normalized spacial score (nSPS) is 10.2. The van der Waals surface area contributed by atoms with Crippen LogP contribution in [0.2, 0.25) is 0 Å². The van der Waals surface area contributed by atoms with E-state index in [1.54, 1.807) is 18.2 Å². The molecular weight excluding hydrogens is 428 g/mol. The second kappa shape index (κ2) is 8.18. The molecule has 2 aromatic rings. The van der Waals surface area contributed by atoms with E-state index in [-0.39, 0.29) is 18.2 Å². The molecule has 0 aromatic heterocycles. The first-order chi connectivity index (χ1) is 11.5. The highest BCUT2D eigenvalue weighted by atomic mass is 127. The van der Waals surface area contributed by atoms with Crippen LogP contribution in [-0.2, 0) is 6.54 Å². The maximum atomic E-state index is 13.7. The Morgan fingerprint density at radius 2 is 1.67 bits per heavy atom. The lowest BCUT2D eigenvalue weighted by molar-refractivity contribution is 0.0949. The summed E-state index contributed by atoms with van der Waals surface area (Å²) in [5.41, 5.74) is 1.10. The molecule has 2 rings (SSSR count). The molecule has 0 radical (unpaired) electrons. The Balaban J connectivity index is 2.14. The van der Waals surface area contributed by atoms with E-state index in [1.807, 2.05) is 0 Å². The van der Waals surface area contributed by atoms with Gasteiger partial charge in [-0.25, -0.2) is 4.39 Å². The number of hydrogen-bond donors (Lipinski definition) is 1. The Kier molecular flexibility index (Phi) is 6.24. The minimum Gasteiger partial charge on any atom is -0.494 e. The molecule has 0 unspecified atom stereocenters. The first kappa shape index (κ1) is 18.3. The molecule has 0 aliphatic heterocycles. The molecule has 0 aliphatic rings. The monoisotopic (exact) mass is 445 g/mol. The predicted molar refractivity (Wildman–Crippen MR) is 96.4 cm³/mol. The number of benzene rings is 2. The predicted octanol–water partition coefficient (Wildman–Crippen LogP) is 3.39. The Bertz CT molecular complexity index is 752. The summed E-state index contributed by atoms with van der Waals surface area (Å²) in [5.74, 6) is 0.440. The summed E-state index contributed by atoms with van der Waals surface area (Å²) in [7, 11) is 4.44. The molecule has 0 aliphatic carbocycles. The Labute approximate surface area is 153 Å². The van der Waals surface area contributed by atoms with Crippen LogP contribution in [0.25, 0.3) is 0 Å². The van der Waals surface area contributed by atoms with Crippen molar-refractivity contribution < 1.29 is 23.4 Å². The van der Waals surface area contributed by atoms with E-state index >= 15 is 0 Å². The molecule has 1 amide bonds. The van der Waals surface area contributed by atoms with Crippen molar-refractivity contribution in [1.82, 2.24) is 5.32 Å². The SMILES string of the molecule is COc1ccc(CNC(=O)c2cc(OC)c(OC)cc2I)cc1F. The number of halogens is 2. The molecule has 0 saturated heterocycles. The summed E-state index contributed by atoms with van der Waals surface area (Å²) >= 11 is 2.05. The van der Waals surface area contributed by atoms with Crippen molar-refractivity contribution in [2.24, 2.45) is 0 Å². The molecule has 0 spiro atoms. The van der Waals surface area contributed by atoms with Gasteiger partial charge in [-0.1, -0.05) is 6.07 Å². The fourth-order valence-corrected chi connectivity index (χ4v) is 2.81. The van der Waals surface area contributed by atoms with Gasteiger partial charge in [-0.2, -0.15) is 0 Å². The molecule has 0 fully saturated rings. The Hall–Kier alpha value is -2.03. The summed E-state index contributed by atoms with van der Waals surface area (Å²) in [6, 6.07) is 7.89. The van der Waals surface area contributed by atoms with Gasteiger partial charge in [-0.3, -0.25) is 4.79 Å². The van der Waals surface area contributed by atoms with E-state index < -0.39 is 5.82 Å². The summed E-state index contributed by atoms with van der Waals surface area (Å²) in [6.45, 7) is 0.199. The van der Waals surface area contributed by atoms with Crippen LogP contribution in [0.3, 0.4) is 0 Å².